The van der Waals surface area contributed by atoms with Gasteiger partial charge in [0.05, 0.1) is 9.79 Å². The minimum atomic E-state index is -1.29. The number of carboxylic acid groups (broad SMARTS) is 5. The van der Waals surface area contributed by atoms with E-state index in [-0.39, 0.29) is 82.4 Å². The monoisotopic (exact) mass is 1580 g/mol. The number of hydrogen-bond donors (Lipinski definition) is 17. The van der Waals surface area contributed by atoms with Gasteiger partial charge in [0.1, 0.15) is 52.6 Å². The molecule has 37 nitrogen and oxygen atoms in total. The quantitative estimate of drug-likeness (QED) is 0.0163. The van der Waals surface area contributed by atoms with Crippen LogP contribution >= 0.6 is 69.6 Å². The molecule has 0 fully saturated rings. The van der Waals surface area contributed by atoms with Crippen LogP contribution in [0.3, 0.4) is 0 Å². The molecule has 42 heteroatoms. The minimum Gasteiger partial charge on any atom is -0.507 e. The molecular formula is C57H72IN14O23S4+3. The average molecular weight is 1580 g/mol. The number of nitroso groups, excluding NO2 is 3. The van der Waals surface area contributed by atoms with Gasteiger partial charge in [-0.2, -0.15) is 0 Å². The summed E-state index contributed by atoms with van der Waals surface area (Å²) in [7, 11) is 3.70. The lowest BCUT2D eigenvalue weighted by atomic mass is 10.1. The predicted octanol–water partition coefficient (Wildman–Crippen LogP) is -0.0843. The molecule has 0 spiro atoms. The maximum Gasteiger partial charge on any atom is 0.327 e. The van der Waals surface area contributed by atoms with Crippen LogP contribution in [0, 0.1) is 18.3 Å². The van der Waals surface area contributed by atoms with Gasteiger partial charge >= 0.3 is 29.8 Å². The Bertz CT molecular complexity index is 3760. The van der Waals surface area contributed by atoms with Crippen molar-refractivity contribution < 1.29 is 112 Å². The molecule has 0 aliphatic carbocycles. The van der Waals surface area contributed by atoms with Crippen LogP contribution < -0.4 is 61.0 Å². The zero-order valence-electron chi connectivity index (χ0n) is 53.0. The van der Waals surface area contributed by atoms with Crippen LogP contribution in [0.15, 0.2) is 86.3 Å². The second-order valence-electron chi connectivity index (χ2n) is 20.0. The molecule has 4 rings (SSSR count). The SMILES string of the molecule is CC(=O)NC(CSc1ccc(C(N)=O)cc1[N+](C)=O)C(=O)O.CSc1ccc(C(N)=O)cc1O.C[N+](=O)c1cc(C(N)=O)cc(SCC(NC(=O)CCC(N)C(=O)O)C(=O)NCC(=O)O)c1I.C[N+](=O)c1cc(C(N)=O)ccc1SCC(NC(=O)CCC(N)C(=O)O)C(=O)NCC(=O)O. The fraction of sp³-hybridized carbons (Fsp3) is 0.333. The van der Waals surface area contributed by atoms with Crippen molar-refractivity contribution in [3.8, 4) is 5.75 Å². The summed E-state index contributed by atoms with van der Waals surface area (Å²) in [6.07, 6.45) is 0.954. The van der Waals surface area contributed by atoms with Crippen LogP contribution in [-0.2, 0) is 47.9 Å². The number of aliphatic carboxylic acids is 5. The average Bonchev–Trinajstić information content (AvgIpc) is 0.841. The Labute approximate surface area is 592 Å². The van der Waals surface area contributed by atoms with Gasteiger partial charge in [-0.15, -0.1) is 47.0 Å². The predicted molar refractivity (Wildman–Crippen MR) is 366 cm³/mol. The third-order valence-electron chi connectivity index (χ3n) is 12.3. The summed E-state index contributed by atoms with van der Waals surface area (Å²) in [5, 5.41) is 64.9. The highest BCUT2D eigenvalue weighted by molar-refractivity contribution is 14.1. The Kier molecular flexibility index (Phi) is 38.2. The van der Waals surface area contributed by atoms with Crippen LogP contribution in [0.2, 0.25) is 0 Å². The van der Waals surface area contributed by atoms with E-state index in [4.69, 9.17) is 59.9 Å². The molecule has 536 valence electrons. The van der Waals surface area contributed by atoms with E-state index in [1.165, 1.54) is 94.4 Å². The van der Waals surface area contributed by atoms with Crippen molar-refractivity contribution >= 4 is 170 Å². The van der Waals surface area contributed by atoms with E-state index in [0.29, 0.717) is 38.1 Å². The number of nitrogens with two attached hydrogens (primary N) is 6. The summed E-state index contributed by atoms with van der Waals surface area (Å²) in [5.74, 6) is -12.4. The van der Waals surface area contributed by atoms with Crippen LogP contribution in [-0.4, -0.2) is 216 Å². The Morgan fingerprint density at radius 1 is 0.475 bits per heavy atom. The van der Waals surface area contributed by atoms with Crippen molar-refractivity contribution in [3.05, 3.63) is 107 Å². The number of nitrogens with one attached hydrogen (secondary N) is 5. The molecule has 0 radical (unpaired) electrons. The number of carboxylic acids is 5. The summed E-state index contributed by atoms with van der Waals surface area (Å²) in [4.78, 5) is 196. The third-order valence-corrected chi connectivity index (χ3v) is 18.0. The number of carbonyl (C=O) groups excluding carboxylic acids is 9. The molecule has 0 heterocycles. The van der Waals surface area contributed by atoms with E-state index in [1.807, 2.05) is 28.8 Å². The van der Waals surface area contributed by atoms with Crippen LogP contribution in [0.25, 0.3) is 0 Å². The first kappa shape index (κ1) is 87.1. The number of phenols is 1. The molecule has 4 aromatic carbocycles. The lowest BCUT2D eigenvalue weighted by Gasteiger charge is -2.18. The second-order valence-corrected chi connectivity index (χ2v) is 25.1. The molecule has 0 saturated carbocycles. The molecule has 0 bridgehead atoms. The summed E-state index contributed by atoms with van der Waals surface area (Å²) >= 11 is 6.42. The molecule has 99 heavy (non-hydrogen) atoms. The number of benzene rings is 4. The highest BCUT2D eigenvalue weighted by atomic mass is 127. The Hall–Kier alpha value is -9.89. The van der Waals surface area contributed by atoms with E-state index in [0.717, 1.165) is 40.2 Å². The van der Waals surface area contributed by atoms with Crippen LogP contribution in [0.5, 0.6) is 5.75 Å². The first-order valence-corrected chi connectivity index (χ1v) is 33.2. The van der Waals surface area contributed by atoms with E-state index in [1.54, 1.807) is 12.1 Å². The van der Waals surface area contributed by atoms with Gasteiger partial charge in [0.25, 0.3) is 17.1 Å². The summed E-state index contributed by atoms with van der Waals surface area (Å²) < 4.78 is 2.08. The number of hydrogen-bond acceptors (Lipinski definition) is 24. The first-order chi connectivity index (χ1) is 46.1. The molecule has 0 saturated heterocycles. The van der Waals surface area contributed by atoms with Gasteiger partial charge in [-0.25, -0.2) is 4.79 Å². The van der Waals surface area contributed by atoms with Gasteiger partial charge in [-0.05, 0) is 90.2 Å². The van der Waals surface area contributed by atoms with E-state index >= 15 is 0 Å². The van der Waals surface area contributed by atoms with E-state index in [9.17, 15) is 87.0 Å². The standard InChI is InChI=1S/C18H22IN5O8S.C18H23N5O8S.C13H15N3O5S.C8H9NO2S/c1-24(32)11-4-8(16(21)28)5-12(15(11)19)33-7-10(17(29)22-6-14(26)27)23-13(25)3-2-9(20)18(30)31;1-23(31)12-6-9(16(20)27)2-4-13(12)32-8-11(17(28)21-7-15(25)26)22-14(24)5-3-10(19)18(29)30;1-7(17)15-9(13(19)20)6-22-11-4-3-8(12(14)18)5-10(11)16(2)21;1-12-7-3-2-5(8(9)11)4-6(7)10/h4-5,9-10H,2-3,6-7,20H2,1H3,(H5-,21,22,23,25,26,27,28,29,30,31);2,4,6,10-11H,3,5,7-8,19H2,1H3,(H5-,20,21,22,24,25,26,27,28,29,30);3-5,9H,6H2,1-2H3,(H3-,14,15,17,18,19,20);2-4,10H,1H3,(H2,9,11)/p+3. The van der Waals surface area contributed by atoms with Gasteiger partial charge < -0.3 is 91.6 Å². The van der Waals surface area contributed by atoms with E-state index < -0.39 is 126 Å². The summed E-state index contributed by atoms with van der Waals surface area (Å²) in [6.45, 7) is -0.139. The molecular weight excluding hydrogens is 1500 g/mol. The third kappa shape index (κ3) is 32.4. The Balaban J connectivity index is 0.000000694. The van der Waals surface area contributed by atoms with Crippen molar-refractivity contribution in [2.75, 3.05) is 57.7 Å². The number of aromatic hydroxyl groups is 1. The fourth-order valence-electron chi connectivity index (χ4n) is 7.21. The normalized spacial score (nSPS) is 11.8. The Morgan fingerprint density at radius 2 is 0.818 bits per heavy atom. The van der Waals surface area contributed by atoms with Crippen LogP contribution in [0.4, 0.5) is 17.1 Å². The van der Waals surface area contributed by atoms with Gasteiger partial charge in [-0.3, -0.25) is 62.3 Å². The van der Waals surface area contributed by atoms with Crippen LogP contribution in [0.1, 0.15) is 74.0 Å². The second kappa shape index (κ2) is 43.4. The number of amides is 9. The van der Waals surface area contributed by atoms with Crippen molar-refractivity contribution in [2.24, 2.45) is 34.4 Å². The molecule has 0 aromatic heterocycles. The van der Waals surface area contributed by atoms with E-state index in [2.05, 4.69) is 26.6 Å². The molecule has 23 N–H and O–H groups in total. The van der Waals surface area contributed by atoms with Gasteiger partial charge in [0, 0.05) is 116 Å². The zero-order valence-corrected chi connectivity index (χ0v) is 58.5. The Morgan fingerprint density at radius 3 is 1.13 bits per heavy atom. The summed E-state index contributed by atoms with van der Waals surface area (Å²) in [6, 6.07) is 9.81. The number of nitrogens with zero attached hydrogens (tertiary/aromatic N) is 3. The summed E-state index contributed by atoms with van der Waals surface area (Å²) in [5.41, 5.74) is 32.6. The van der Waals surface area contributed by atoms with Crippen molar-refractivity contribution in [3.63, 3.8) is 0 Å². The number of rotatable bonds is 35. The highest BCUT2D eigenvalue weighted by Gasteiger charge is 2.29. The van der Waals surface area contributed by atoms with Gasteiger partial charge in [0.15, 0.2) is 21.1 Å². The van der Waals surface area contributed by atoms with Crippen molar-refractivity contribution in [2.45, 2.75) is 82.4 Å². The molecule has 4 aromatic rings. The smallest absolute Gasteiger partial charge is 0.327 e. The van der Waals surface area contributed by atoms with Gasteiger partial charge in [0.2, 0.25) is 53.2 Å². The number of phenolic OH excluding ortho intramolecular Hbond substituents is 1. The largest absolute Gasteiger partial charge is 0.507 e. The van der Waals surface area contributed by atoms with Gasteiger partial charge in [-0.1, -0.05) is 0 Å². The molecule has 9 amide bonds. The number of carbonyl (C=O) groups is 14. The minimum absolute atomic E-state index is 0.0334. The van der Waals surface area contributed by atoms with Crippen molar-refractivity contribution in [1.82, 2.24) is 26.6 Å². The lowest BCUT2D eigenvalue weighted by molar-refractivity contribution is -0.431. The van der Waals surface area contributed by atoms with Crippen molar-refractivity contribution in [1.29, 1.82) is 0 Å². The molecule has 5 unspecified atom stereocenters. The fourth-order valence-corrected chi connectivity index (χ4v) is 12.0. The number of halogens is 1. The number of primary amides is 4. The topological polar surface area (TPSA) is 637 Å². The zero-order chi connectivity index (χ0) is 75.7. The maximum atomic E-state index is 12.4. The first-order valence-electron chi connectivity index (χ1n) is 28.0. The lowest BCUT2D eigenvalue weighted by Crippen LogP contribution is -2.49. The molecule has 5 atom stereocenters. The number of thioether (sulfide) groups is 4. The molecule has 0 aliphatic rings. The highest BCUT2D eigenvalue weighted by Crippen LogP contribution is 2.35. The molecule has 0 aliphatic heterocycles. The maximum absolute atomic E-state index is 12.4.